The van der Waals surface area contributed by atoms with Crippen LogP contribution in [-0.4, -0.2) is 61.6 Å². The number of guanidine groups is 1. The van der Waals surface area contributed by atoms with Gasteiger partial charge in [-0.15, -0.1) is 0 Å². The summed E-state index contributed by atoms with van der Waals surface area (Å²) in [4.78, 5) is 9.44. The predicted molar refractivity (Wildman–Crippen MR) is 81.6 cm³/mol. The maximum absolute atomic E-state index is 4.45. The van der Waals surface area contributed by atoms with Crippen LogP contribution in [0.1, 0.15) is 39.5 Å². The Hall–Kier alpha value is -0.770. The molecule has 1 aliphatic heterocycles. The van der Waals surface area contributed by atoms with E-state index in [1.54, 1.807) is 0 Å². The fourth-order valence-electron chi connectivity index (χ4n) is 3.10. The van der Waals surface area contributed by atoms with E-state index in [0.717, 1.165) is 44.6 Å². The fraction of sp³-hybridized carbons (Fsp3) is 0.933. The maximum Gasteiger partial charge on any atom is 0.193 e. The predicted octanol–water partition coefficient (Wildman–Crippen LogP) is 1.78. The Bertz CT molecular complexity index is 295. The van der Waals surface area contributed by atoms with Crippen LogP contribution in [0.3, 0.4) is 0 Å². The molecule has 0 amide bonds. The van der Waals surface area contributed by atoms with Gasteiger partial charge in [-0.2, -0.15) is 0 Å². The second-order valence-electron chi connectivity index (χ2n) is 5.82. The maximum atomic E-state index is 4.45. The molecule has 4 nitrogen and oxygen atoms in total. The minimum absolute atomic E-state index is 0.706. The molecule has 19 heavy (non-hydrogen) atoms. The molecule has 1 saturated carbocycles. The van der Waals surface area contributed by atoms with Crippen LogP contribution in [0.15, 0.2) is 4.99 Å². The number of likely N-dealkylation sites (tertiary alicyclic amines) is 1. The third-order valence-electron chi connectivity index (χ3n) is 4.54. The summed E-state index contributed by atoms with van der Waals surface area (Å²) in [6, 6.07) is 0.706. The van der Waals surface area contributed by atoms with Crippen molar-refractivity contribution in [3.05, 3.63) is 0 Å². The first kappa shape index (κ1) is 14.6. The Kier molecular flexibility index (Phi) is 5.49. The lowest BCUT2D eigenvalue weighted by molar-refractivity contribution is 0.223. The average molecular weight is 266 g/mol. The lowest BCUT2D eigenvalue weighted by Crippen LogP contribution is -2.43. The van der Waals surface area contributed by atoms with Crippen molar-refractivity contribution in [2.24, 2.45) is 10.9 Å². The van der Waals surface area contributed by atoms with Crippen molar-refractivity contribution < 1.29 is 0 Å². The number of nitrogens with one attached hydrogen (secondary N) is 1. The first-order chi connectivity index (χ1) is 9.28. The molecule has 1 saturated heterocycles. The van der Waals surface area contributed by atoms with Crippen molar-refractivity contribution in [1.29, 1.82) is 0 Å². The Morgan fingerprint density at radius 1 is 1.26 bits per heavy atom. The molecule has 0 aromatic carbocycles. The van der Waals surface area contributed by atoms with Crippen LogP contribution in [0, 0.1) is 5.92 Å². The Morgan fingerprint density at radius 3 is 2.58 bits per heavy atom. The zero-order valence-corrected chi connectivity index (χ0v) is 12.9. The second-order valence-corrected chi connectivity index (χ2v) is 5.82. The van der Waals surface area contributed by atoms with Crippen molar-refractivity contribution >= 4 is 5.96 Å². The molecule has 1 unspecified atom stereocenters. The van der Waals surface area contributed by atoms with Crippen LogP contribution in [0.4, 0.5) is 0 Å². The lowest BCUT2D eigenvalue weighted by Gasteiger charge is -2.27. The normalized spacial score (nSPS) is 24.3. The van der Waals surface area contributed by atoms with Gasteiger partial charge in [0.2, 0.25) is 0 Å². The van der Waals surface area contributed by atoms with E-state index in [1.165, 1.54) is 25.7 Å². The molecular formula is C15H30N4. The van der Waals surface area contributed by atoms with Gasteiger partial charge in [0.25, 0.3) is 0 Å². The smallest absolute Gasteiger partial charge is 0.193 e. The summed E-state index contributed by atoms with van der Waals surface area (Å²) >= 11 is 0. The first-order valence-corrected chi connectivity index (χ1v) is 7.98. The number of likely N-dealkylation sites (N-methyl/N-ethyl adjacent to an activating group) is 1. The van der Waals surface area contributed by atoms with Gasteiger partial charge in [0.15, 0.2) is 5.96 Å². The number of nitrogens with zero attached hydrogens (tertiary/aromatic N) is 3. The Labute approximate surface area is 118 Å². The quantitative estimate of drug-likeness (QED) is 0.587. The van der Waals surface area contributed by atoms with E-state index in [2.05, 4.69) is 34.0 Å². The van der Waals surface area contributed by atoms with Crippen molar-refractivity contribution in [3.8, 4) is 0 Å². The second kappa shape index (κ2) is 7.13. The van der Waals surface area contributed by atoms with Gasteiger partial charge in [0.05, 0.1) is 0 Å². The standard InChI is InChI=1S/C15H30N4/c1-4-18(5-2)14-9-11-19(12-14)15(16-3)17-10-8-13-6-7-13/h13-14H,4-12H2,1-3H3,(H,16,17). The van der Waals surface area contributed by atoms with Gasteiger partial charge < -0.3 is 10.2 Å². The van der Waals surface area contributed by atoms with Gasteiger partial charge >= 0.3 is 0 Å². The molecule has 0 radical (unpaired) electrons. The highest BCUT2D eigenvalue weighted by Crippen LogP contribution is 2.31. The minimum atomic E-state index is 0.706. The third-order valence-corrected chi connectivity index (χ3v) is 4.54. The summed E-state index contributed by atoms with van der Waals surface area (Å²) in [6.45, 7) is 10.2. The lowest BCUT2D eigenvalue weighted by atomic mass is 10.2. The van der Waals surface area contributed by atoms with Crippen molar-refractivity contribution in [2.45, 2.75) is 45.6 Å². The molecule has 0 spiro atoms. The molecule has 110 valence electrons. The zero-order chi connectivity index (χ0) is 13.7. The van der Waals surface area contributed by atoms with E-state index >= 15 is 0 Å². The summed E-state index contributed by atoms with van der Waals surface area (Å²) < 4.78 is 0. The summed E-state index contributed by atoms with van der Waals surface area (Å²) in [5.74, 6) is 2.10. The highest BCUT2D eigenvalue weighted by atomic mass is 15.3. The third kappa shape index (κ3) is 4.10. The van der Waals surface area contributed by atoms with E-state index in [9.17, 15) is 0 Å². The van der Waals surface area contributed by atoms with Crippen LogP contribution in [0.25, 0.3) is 0 Å². The average Bonchev–Trinajstić information content (AvgIpc) is 3.13. The van der Waals surface area contributed by atoms with Gasteiger partial charge in [0, 0.05) is 32.7 Å². The van der Waals surface area contributed by atoms with E-state index in [-0.39, 0.29) is 0 Å². The number of hydrogen-bond donors (Lipinski definition) is 1. The van der Waals surface area contributed by atoms with Crippen molar-refractivity contribution in [3.63, 3.8) is 0 Å². The van der Waals surface area contributed by atoms with E-state index in [1.807, 2.05) is 7.05 Å². The molecular weight excluding hydrogens is 236 g/mol. The molecule has 0 aromatic rings. The van der Waals surface area contributed by atoms with Crippen LogP contribution in [0.5, 0.6) is 0 Å². The SMILES string of the molecule is CCN(CC)C1CCN(C(=NC)NCCC2CC2)C1. The molecule has 2 rings (SSSR count). The molecule has 0 bridgehead atoms. The summed E-state index contributed by atoms with van der Waals surface area (Å²) in [6.07, 6.45) is 5.46. The van der Waals surface area contributed by atoms with Gasteiger partial charge in [-0.1, -0.05) is 26.7 Å². The molecule has 2 fully saturated rings. The van der Waals surface area contributed by atoms with Crippen LogP contribution in [-0.2, 0) is 0 Å². The molecule has 2 aliphatic rings. The topological polar surface area (TPSA) is 30.9 Å². The number of aliphatic imine (C=N–C) groups is 1. The molecule has 4 heteroatoms. The minimum Gasteiger partial charge on any atom is -0.356 e. The van der Waals surface area contributed by atoms with Gasteiger partial charge in [0.1, 0.15) is 0 Å². The molecule has 1 atom stereocenters. The zero-order valence-electron chi connectivity index (χ0n) is 12.9. The number of rotatable bonds is 6. The summed E-state index contributed by atoms with van der Waals surface area (Å²) in [7, 11) is 1.91. The largest absolute Gasteiger partial charge is 0.356 e. The Morgan fingerprint density at radius 2 is 2.00 bits per heavy atom. The van der Waals surface area contributed by atoms with Crippen LogP contribution < -0.4 is 5.32 Å². The Balaban J connectivity index is 1.76. The van der Waals surface area contributed by atoms with Gasteiger partial charge in [-0.3, -0.25) is 9.89 Å². The van der Waals surface area contributed by atoms with Gasteiger partial charge in [-0.05, 0) is 31.8 Å². The summed E-state index contributed by atoms with van der Waals surface area (Å²) in [5.41, 5.74) is 0. The highest BCUT2D eigenvalue weighted by Gasteiger charge is 2.28. The van der Waals surface area contributed by atoms with E-state index < -0.39 is 0 Å². The molecule has 1 N–H and O–H groups in total. The molecule has 1 heterocycles. The fourth-order valence-corrected chi connectivity index (χ4v) is 3.10. The van der Waals surface area contributed by atoms with Gasteiger partial charge in [-0.25, -0.2) is 0 Å². The van der Waals surface area contributed by atoms with Crippen LogP contribution in [0.2, 0.25) is 0 Å². The van der Waals surface area contributed by atoms with Crippen molar-refractivity contribution in [1.82, 2.24) is 15.1 Å². The molecule has 0 aromatic heterocycles. The van der Waals surface area contributed by atoms with Crippen LogP contribution >= 0.6 is 0 Å². The monoisotopic (exact) mass is 266 g/mol. The first-order valence-electron chi connectivity index (χ1n) is 7.98. The van der Waals surface area contributed by atoms with E-state index in [4.69, 9.17) is 0 Å². The highest BCUT2D eigenvalue weighted by molar-refractivity contribution is 5.80. The van der Waals surface area contributed by atoms with Crippen molar-refractivity contribution in [2.75, 3.05) is 39.8 Å². The molecule has 1 aliphatic carbocycles. The summed E-state index contributed by atoms with van der Waals surface area (Å²) in [5, 5.41) is 3.54. The van der Waals surface area contributed by atoms with E-state index in [0.29, 0.717) is 6.04 Å². The number of hydrogen-bond acceptors (Lipinski definition) is 2.